The van der Waals surface area contributed by atoms with Crippen molar-refractivity contribution in [3.05, 3.63) is 32.7 Å². The third kappa shape index (κ3) is 3.14. The lowest BCUT2D eigenvalue weighted by Gasteiger charge is -2.26. The van der Waals surface area contributed by atoms with Gasteiger partial charge >= 0.3 is 4.87 Å². The molecule has 0 saturated carbocycles. The highest BCUT2D eigenvalue weighted by atomic mass is 32.1. The number of H-pyrrole nitrogens is 1. The molecule has 2 aromatic rings. The molecule has 2 aliphatic rings. The van der Waals surface area contributed by atoms with Crippen molar-refractivity contribution in [3.8, 4) is 22.8 Å². The minimum atomic E-state index is 0.00176. The van der Waals surface area contributed by atoms with Crippen LogP contribution in [0.15, 0.2) is 23.0 Å². The Kier molecular flexibility index (Phi) is 4.10. The summed E-state index contributed by atoms with van der Waals surface area (Å²) in [4.78, 5) is 18.4. The molecular formula is C17H20N2O3S. The van der Waals surface area contributed by atoms with Gasteiger partial charge in [0.05, 0.1) is 5.69 Å². The second-order valence-corrected chi connectivity index (χ2v) is 7.08. The number of nitrogens with zero attached hydrogens (tertiary/aromatic N) is 1. The van der Waals surface area contributed by atoms with Crippen molar-refractivity contribution in [1.82, 2.24) is 9.88 Å². The molecule has 1 saturated heterocycles. The predicted octanol–water partition coefficient (Wildman–Crippen LogP) is 2.86. The molecule has 0 atom stereocenters. The van der Waals surface area contributed by atoms with E-state index in [1.165, 1.54) is 30.6 Å². The molecule has 0 amide bonds. The first-order chi connectivity index (χ1) is 11.3. The van der Waals surface area contributed by atoms with Gasteiger partial charge < -0.3 is 14.5 Å². The molecule has 0 unspecified atom stereocenters. The fraction of sp³-hybridized carbons (Fsp3) is 0.471. The van der Waals surface area contributed by atoms with Crippen LogP contribution in [-0.2, 0) is 6.54 Å². The number of aromatic nitrogens is 1. The van der Waals surface area contributed by atoms with E-state index in [1.54, 1.807) is 0 Å². The number of hydrogen-bond donors (Lipinski definition) is 1. The van der Waals surface area contributed by atoms with E-state index < -0.39 is 0 Å². The van der Waals surface area contributed by atoms with Crippen molar-refractivity contribution >= 4 is 11.3 Å². The maximum Gasteiger partial charge on any atom is 0.305 e. The van der Waals surface area contributed by atoms with Crippen LogP contribution in [0.1, 0.15) is 24.1 Å². The molecule has 122 valence electrons. The van der Waals surface area contributed by atoms with Gasteiger partial charge in [0.25, 0.3) is 0 Å². The molecular weight excluding hydrogens is 312 g/mol. The van der Waals surface area contributed by atoms with Gasteiger partial charge in [0.1, 0.15) is 13.2 Å². The quantitative estimate of drug-likeness (QED) is 0.939. The van der Waals surface area contributed by atoms with E-state index in [0.29, 0.717) is 13.2 Å². The molecule has 0 aliphatic carbocycles. The monoisotopic (exact) mass is 332 g/mol. The topological polar surface area (TPSA) is 54.6 Å². The largest absolute Gasteiger partial charge is 0.486 e. The van der Waals surface area contributed by atoms with Gasteiger partial charge in [0.2, 0.25) is 0 Å². The Morgan fingerprint density at radius 1 is 1.09 bits per heavy atom. The lowest BCUT2D eigenvalue weighted by atomic mass is 10.1. The predicted molar refractivity (Wildman–Crippen MR) is 90.5 cm³/mol. The average molecular weight is 332 g/mol. The number of fused-ring (bicyclic) bond motifs is 1. The van der Waals surface area contributed by atoms with E-state index in [9.17, 15) is 4.79 Å². The Morgan fingerprint density at radius 2 is 1.87 bits per heavy atom. The average Bonchev–Trinajstić information content (AvgIpc) is 2.96. The van der Waals surface area contributed by atoms with E-state index in [2.05, 4.69) is 9.88 Å². The van der Waals surface area contributed by atoms with Crippen LogP contribution in [0, 0.1) is 0 Å². The number of hydrogen-bond acceptors (Lipinski definition) is 5. The molecule has 0 bridgehead atoms. The van der Waals surface area contributed by atoms with E-state index in [0.717, 1.165) is 47.3 Å². The fourth-order valence-corrected chi connectivity index (χ4v) is 4.12. The number of piperidine rings is 1. The number of nitrogens with one attached hydrogen (secondary N) is 1. The third-order valence-electron chi connectivity index (χ3n) is 4.37. The van der Waals surface area contributed by atoms with Gasteiger partial charge in [-0.05, 0) is 44.1 Å². The maximum absolute atomic E-state index is 11.9. The molecule has 1 fully saturated rings. The fourth-order valence-electron chi connectivity index (χ4n) is 3.22. The van der Waals surface area contributed by atoms with Crippen molar-refractivity contribution in [3.63, 3.8) is 0 Å². The summed E-state index contributed by atoms with van der Waals surface area (Å²) in [6.07, 6.45) is 3.81. The number of aromatic amines is 1. The zero-order valence-electron chi connectivity index (χ0n) is 13.0. The van der Waals surface area contributed by atoms with Gasteiger partial charge in [-0.3, -0.25) is 9.69 Å². The van der Waals surface area contributed by atoms with Gasteiger partial charge in [-0.1, -0.05) is 17.8 Å². The summed E-state index contributed by atoms with van der Waals surface area (Å²) in [5.74, 6) is 1.53. The molecule has 23 heavy (non-hydrogen) atoms. The third-order valence-corrected chi connectivity index (χ3v) is 5.24. The Balaban J connectivity index is 1.64. The number of thiazole rings is 1. The van der Waals surface area contributed by atoms with Crippen LogP contribution in [-0.4, -0.2) is 36.2 Å². The Bertz CT molecular complexity index is 747. The summed E-state index contributed by atoms with van der Waals surface area (Å²) in [6.45, 7) is 4.23. The van der Waals surface area contributed by atoms with Crippen molar-refractivity contribution < 1.29 is 9.47 Å². The van der Waals surface area contributed by atoms with Gasteiger partial charge in [0.15, 0.2) is 11.5 Å². The summed E-state index contributed by atoms with van der Waals surface area (Å²) >= 11 is 1.32. The number of benzene rings is 1. The summed E-state index contributed by atoms with van der Waals surface area (Å²) in [5, 5.41) is 0. The Hall–Kier alpha value is -1.79. The van der Waals surface area contributed by atoms with Crippen LogP contribution < -0.4 is 14.3 Å². The molecule has 1 aromatic carbocycles. The molecule has 1 aromatic heterocycles. The van der Waals surface area contributed by atoms with Crippen LogP contribution in [0.2, 0.25) is 0 Å². The SMILES string of the molecule is O=c1[nH]c(-c2ccc3c(c2)OCCO3)c(CN2CCCCC2)s1. The first kappa shape index (κ1) is 14.8. The Morgan fingerprint density at radius 3 is 2.70 bits per heavy atom. The van der Waals surface area contributed by atoms with E-state index in [-0.39, 0.29) is 4.87 Å². The number of rotatable bonds is 3. The molecule has 0 radical (unpaired) electrons. The molecule has 2 aliphatic heterocycles. The Labute approximate surface area is 138 Å². The van der Waals surface area contributed by atoms with Gasteiger partial charge in [-0.25, -0.2) is 0 Å². The zero-order chi connectivity index (χ0) is 15.6. The number of ether oxygens (including phenoxy) is 2. The molecule has 1 N–H and O–H groups in total. The minimum Gasteiger partial charge on any atom is -0.486 e. The van der Waals surface area contributed by atoms with Crippen LogP contribution in [0.4, 0.5) is 0 Å². The normalized spacial score (nSPS) is 18.1. The van der Waals surface area contributed by atoms with Gasteiger partial charge in [0, 0.05) is 17.0 Å². The van der Waals surface area contributed by atoms with Crippen molar-refractivity contribution in [2.45, 2.75) is 25.8 Å². The second kappa shape index (κ2) is 6.37. The highest BCUT2D eigenvalue weighted by Gasteiger charge is 2.18. The number of likely N-dealkylation sites (tertiary alicyclic amines) is 1. The van der Waals surface area contributed by atoms with Crippen molar-refractivity contribution in [2.24, 2.45) is 0 Å². The van der Waals surface area contributed by atoms with E-state index in [4.69, 9.17) is 9.47 Å². The summed E-state index contributed by atoms with van der Waals surface area (Å²) < 4.78 is 11.2. The summed E-state index contributed by atoms with van der Waals surface area (Å²) in [5.41, 5.74) is 1.90. The summed E-state index contributed by atoms with van der Waals surface area (Å²) in [6, 6.07) is 5.88. The smallest absolute Gasteiger partial charge is 0.305 e. The molecule has 6 heteroatoms. The van der Waals surface area contributed by atoms with Crippen LogP contribution in [0.25, 0.3) is 11.3 Å². The molecule has 0 spiro atoms. The minimum absolute atomic E-state index is 0.00176. The molecule has 5 nitrogen and oxygen atoms in total. The standard InChI is InChI=1S/C17H20N2O3S/c20-17-18-16(15(23-17)11-19-6-2-1-3-7-19)12-4-5-13-14(10-12)22-9-8-21-13/h4-5,10H,1-3,6-9,11H2,(H,18,20). The summed E-state index contributed by atoms with van der Waals surface area (Å²) in [7, 11) is 0. The lowest BCUT2D eigenvalue weighted by molar-refractivity contribution is 0.171. The molecule has 4 rings (SSSR count). The maximum atomic E-state index is 11.9. The zero-order valence-corrected chi connectivity index (χ0v) is 13.8. The van der Waals surface area contributed by atoms with Crippen LogP contribution in [0.5, 0.6) is 11.5 Å². The van der Waals surface area contributed by atoms with Gasteiger partial charge in [-0.15, -0.1) is 0 Å². The second-order valence-electron chi connectivity index (χ2n) is 6.01. The van der Waals surface area contributed by atoms with Crippen LogP contribution >= 0.6 is 11.3 Å². The van der Waals surface area contributed by atoms with Crippen molar-refractivity contribution in [2.75, 3.05) is 26.3 Å². The van der Waals surface area contributed by atoms with Crippen LogP contribution in [0.3, 0.4) is 0 Å². The van der Waals surface area contributed by atoms with E-state index in [1.807, 2.05) is 18.2 Å². The highest BCUT2D eigenvalue weighted by molar-refractivity contribution is 7.09. The van der Waals surface area contributed by atoms with Gasteiger partial charge in [-0.2, -0.15) is 0 Å². The first-order valence-electron chi connectivity index (χ1n) is 8.14. The highest BCUT2D eigenvalue weighted by Crippen LogP contribution is 2.35. The lowest BCUT2D eigenvalue weighted by Crippen LogP contribution is -2.28. The van der Waals surface area contributed by atoms with Crippen molar-refractivity contribution in [1.29, 1.82) is 0 Å². The first-order valence-corrected chi connectivity index (χ1v) is 8.95. The molecule has 3 heterocycles. The van der Waals surface area contributed by atoms with E-state index >= 15 is 0 Å².